The van der Waals surface area contributed by atoms with E-state index in [2.05, 4.69) is 44.3 Å². The van der Waals surface area contributed by atoms with Crippen molar-refractivity contribution in [2.24, 2.45) is 0 Å². The third-order valence-corrected chi connectivity index (χ3v) is 4.25. The van der Waals surface area contributed by atoms with Crippen molar-refractivity contribution in [1.29, 1.82) is 0 Å². The van der Waals surface area contributed by atoms with Gasteiger partial charge in [0.05, 0.1) is 9.90 Å². The molecule has 0 aliphatic rings. The lowest BCUT2D eigenvalue weighted by Gasteiger charge is -2.11. The van der Waals surface area contributed by atoms with E-state index >= 15 is 0 Å². The zero-order valence-corrected chi connectivity index (χ0v) is 12.5. The summed E-state index contributed by atoms with van der Waals surface area (Å²) in [6, 6.07) is 9.04. The van der Waals surface area contributed by atoms with Crippen molar-refractivity contribution in [1.82, 2.24) is 5.32 Å². The highest BCUT2D eigenvalue weighted by molar-refractivity contribution is 7.14. The average Bonchev–Trinajstić information content (AvgIpc) is 2.74. The number of hydrogen-bond acceptors (Lipinski definition) is 2. The standard InChI is InChI=1S/C15H18ClNS/c1-10(2)17-9-12-5-4-11(3)13(8-12)15-14(16)6-7-18-15/h4-8,10,17H,9H2,1-3H3. The molecule has 0 bridgehead atoms. The Morgan fingerprint density at radius 1 is 1.28 bits per heavy atom. The lowest BCUT2D eigenvalue weighted by Crippen LogP contribution is -2.21. The highest BCUT2D eigenvalue weighted by Gasteiger charge is 2.09. The van der Waals surface area contributed by atoms with Crippen LogP contribution in [0, 0.1) is 6.92 Å². The van der Waals surface area contributed by atoms with Gasteiger partial charge in [-0.05, 0) is 41.1 Å². The van der Waals surface area contributed by atoms with Gasteiger partial charge in [-0.15, -0.1) is 11.3 Å². The van der Waals surface area contributed by atoms with Crippen LogP contribution in [0.15, 0.2) is 29.6 Å². The van der Waals surface area contributed by atoms with Crippen LogP contribution < -0.4 is 5.32 Å². The number of aryl methyl sites for hydroxylation is 1. The summed E-state index contributed by atoms with van der Waals surface area (Å²) in [5.74, 6) is 0. The first-order valence-corrected chi connectivity index (χ1v) is 7.40. The minimum absolute atomic E-state index is 0.500. The summed E-state index contributed by atoms with van der Waals surface area (Å²) in [5.41, 5.74) is 3.82. The predicted molar refractivity (Wildman–Crippen MR) is 81.5 cm³/mol. The molecule has 1 N–H and O–H groups in total. The van der Waals surface area contributed by atoms with E-state index in [4.69, 9.17) is 11.6 Å². The zero-order chi connectivity index (χ0) is 13.1. The van der Waals surface area contributed by atoms with Crippen molar-refractivity contribution in [3.8, 4) is 10.4 Å². The maximum Gasteiger partial charge on any atom is 0.0592 e. The van der Waals surface area contributed by atoms with Crippen LogP contribution in [0.4, 0.5) is 0 Å². The molecule has 0 spiro atoms. The van der Waals surface area contributed by atoms with Gasteiger partial charge in [0, 0.05) is 12.6 Å². The molecule has 2 rings (SSSR count). The fourth-order valence-electron chi connectivity index (χ4n) is 1.83. The Labute approximate surface area is 118 Å². The maximum atomic E-state index is 6.22. The van der Waals surface area contributed by atoms with Crippen LogP contribution >= 0.6 is 22.9 Å². The molecule has 0 radical (unpaired) electrons. The number of hydrogen-bond donors (Lipinski definition) is 1. The van der Waals surface area contributed by atoms with Crippen LogP contribution in [0.3, 0.4) is 0 Å². The molecule has 1 nitrogen and oxygen atoms in total. The largest absolute Gasteiger partial charge is 0.310 e. The van der Waals surface area contributed by atoms with Crippen molar-refractivity contribution >= 4 is 22.9 Å². The number of benzene rings is 1. The molecule has 0 aliphatic heterocycles. The zero-order valence-electron chi connectivity index (χ0n) is 11.0. The third-order valence-electron chi connectivity index (χ3n) is 2.88. The van der Waals surface area contributed by atoms with E-state index in [1.807, 2.05) is 11.4 Å². The van der Waals surface area contributed by atoms with E-state index in [1.54, 1.807) is 11.3 Å². The first kappa shape index (κ1) is 13.6. The molecule has 1 heterocycles. The third kappa shape index (κ3) is 3.14. The Balaban J connectivity index is 2.30. The summed E-state index contributed by atoms with van der Waals surface area (Å²) < 4.78 is 0. The van der Waals surface area contributed by atoms with Gasteiger partial charge in [-0.3, -0.25) is 0 Å². The van der Waals surface area contributed by atoms with Gasteiger partial charge in [0.1, 0.15) is 0 Å². The maximum absolute atomic E-state index is 6.22. The van der Waals surface area contributed by atoms with Gasteiger partial charge in [-0.1, -0.05) is 37.6 Å². The monoisotopic (exact) mass is 279 g/mol. The molecular formula is C15H18ClNS. The quantitative estimate of drug-likeness (QED) is 0.841. The molecule has 1 aromatic carbocycles. The van der Waals surface area contributed by atoms with Gasteiger partial charge >= 0.3 is 0 Å². The van der Waals surface area contributed by atoms with E-state index in [0.29, 0.717) is 6.04 Å². The fraction of sp³-hybridized carbons (Fsp3) is 0.333. The first-order valence-electron chi connectivity index (χ1n) is 6.14. The van der Waals surface area contributed by atoms with Gasteiger partial charge in [-0.2, -0.15) is 0 Å². The van der Waals surface area contributed by atoms with Crippen LogP contribution in [-0.2, 0) is 6.54 Å². The Morgan fingerprint density at radius 3 is 2.67 bits per heavy atom. The Hall–Kier alpha value is -0.830. The smallest absolute Gasteiger partial charge is 0.0592 e. The van der Waals surface area contributed by atoms with E-state index < -0.39 is 0 Å². The molecular weight excluding hydrogens is 262 g/mol. The molecule has 0 unspecified atom stereocenters. The van der Waals surface area contributed by atoms with Crippen molar-refractivity contribution in [3.05, 3.63) is 45.8 Å². The summed E-state index contributed by atoms with van der Waals surface area (Å²) in [6.07, 6.45) is 0. The molecule has 0 fully saturated rings. The second kappa shape index (κ2) is 5.87. The normalized spacial score (nSPS) is 11.2. The number of thiophene rings is 1. The van der Waals surface area contributed by atoms with Gasteiger partial charge in [0.25, 0.3) is 0 Å². The Morgan fingerprint density at radius 2 is 2.06 bits per heavy atom. The predicted octanol–water partition coefficient (Wildman–Crippen LogP) is 4.87. The molecule has 96 valence electrons. The van der Waals surface area contributed by atoms with Gasteiger partial charge in [-0.25, -0.2) is 0 Å². The number of rotatable bonds is 4. The van der Waals surface area contributed by atoms with Crippen LogP contribution in [0.1, 0.15) is 25.0 Å². The molecule has 1 aromatic heterocycles. The lowest BCUT2D eigenvalue weighted by molar-refractivity contribution is 0.589. The molecule has 0 atom stereocenters. The lowest BCUT2D eigenvalue weighted by atomic mass is 10.0. The van der Waals surface area contributed by atoms with Crippen LogP contribution in [0.5, 0.6) is 0 Å². The first-order chi connectivity index (χ1) is 8.58. The second-order valence-electron chi connectivity index (χ2n) is 4.78. The minimum atomic E-state index is 0.500. The van der Waals surface area contributed by atoms with E-state index in [0.717, 1.165) is 11.6 Å². The van der Waals surface area contributed by atoms with Crippen LogP contribution in [0.25, 0.3) is 10.4 Å². The topological polar surface area (TPSA) is 12.0 Å². The summed E-state index contributed by atoms with van der Waals surface area (Å²) in [6.45, 7) is 7.34. The van der Waals surface area contributed by atoms with Crippen molar-refractivity contribution in [3.63, 3.8) is 0 Å². The summed E-state index contributed by atoms with van der Waals surface area (Å²) in [5, 5.41) is 6.32. The molecule has 0 aliphatic carbocycles. The summed E-state index contributed by atoms with van der Waals surface area (Å²) >= 11 is 7.92. The fourth-order valence-corrected chi connectivity index (χ4v) is 3.07. The van der Waals surface area contributed by atoms with Crippen LogP contribution in [0.2, 0.25) is 5.02 Å². The second-order valence-corrected chi connectivity index (χ2v) is 6.11. The van der Waals surface area contributed by atoms with Crippen molar-refractivity contribution in [2.45, 2.75) is 33.4 Å². The molecule has 0 amide bonds. The van der Waals surface area contributed by atoms with Crippen molar-refractivity contribution < 1.29 is 0 Å². The van der Waals surface area contributed by atoms with Gasteiger partial charge in [0.2, 0.25) is 0 Å². The van der Waals surface area contributed by atoms with Gasteiger partial charge in [0.15, 0.2) is 0 Å². The Bertz CT molecular complexity index is 531. The molecule has 0 saturated carbocycles. The van der Waals surface area contributed by atoms with Gasteiger partial charge < -0.3 is 5.32 Å². The molecule has 18 heavy (non-hydrogen) atoms. The van der Waals surface area contributed by atoms with E-state index in [9.17, 15) is 0 Å². The number of nitrogens with one attached hydrogen (secondary N) is 1. The molecule has 2 aromatic rings. The van der Waals surface area contributed by atoms with Crippen molar-refractivity contribution in [2.75, 3.05) is 0 Å². The SMILES string of the molecule is Cc1ccc(CNC(C)C)cc1-c1sccc1Cl. The Kier molecular flexibility index (Phi) is 4.44. The van der Waals surface area contributed by atoms with Crippen LogP contribution in [-0.4, -0.2) is 6.04 Å². The average molecular weight is 280 g/mol. The van der Waals surface area contributed by atoms with E-state index in [-0.39, 0.29) is 0 Å². The molecule has 3 heteroatoms. The summed E-state index contributed by atoms with van der Waals surface area (Å²) in [7, 11) is 0. The summed E-state index contributed by atoms with van der Waals surface area (Å²) in [4.78, 5) is 1.17. The number of halogens is 1. The highest BCUT2D eigenvalue weighted by atomic mass is 35.5. The molecule has 0 saturated heterocycles. The highest BCUT2D eigenvalue weighted by Crippen LogP contribution is 2.35. The van der Waals surface area contributed by atoms with E-state index in [1.165, 1.54) is 21.6 Å². The minimum Gasteiger partial charge on any atom is -0.310 e.